The number of aryl methyl sites for hydroxylation is 1. The quantitative estimate of drug-likeness (QED) is 0.293. The van der Waals surface area contributed by atoms with Crippen LogP contribution in [0.15, 0.2) is 53.6 Å². The molecule has 0 spiro atoms. The molecule has 0 atom stereocenters. The van der Waals surface area contributed by atoms with E-state index in [1.54, 1.807) is 13.0 Å². The highest BCUT2D eigenvalue weighted by Gasteiger charge is 2.36. The zero-order valence-electron chi connectivity index (χ0n) is 17.5. The lowest BCUT2D eigenvalue weighted by molar-refractivity contribution is -0.137. The number of hydrogen-bond donors (Lipinski definition) is 0. The molecule has 0 N–H and O–H groups in total. The van der Waals surface area contributed by atoms with E-state index in [9.17, 15) is 34.8 Å². The molecule has 3 rings (SSSR count). The molecule has 0 radical (unpaired) electrons. The maximum atomic E-state index is 13.5. The standard InChI is InChI=1S/C21H21F6N3O2S/c1-2-17-19(28-18-16(21(25,26)27)11-8-13-29(17)18)30(14-7-6-12-20(22,23)24)33(31,32)15-9-4-3-5-10-15/h3-5,8-11,13H,2,6-7,12,14H2,1H3. The number of hydrogen-bond acceptors (Lipinski definition) is 3. The van der Waals surface area contributed by atoms with E-state index >= 15 is 0 Å². The second-order valence-corrected chi connectivity index (χ2v) is 9.17. The van der Waals surface area contributed by atoms with Gasteiger partial charge < -0.3 is 4.40 Å². The molecule has 0 aliphatic carbocycles. The molecule has 2 heterocycles. The Balaban J connectivity index is 2.14. The van der Waals surface area contributed by atoms with Gasteiger partial charge in [0.15, 0.2) is 11.5 Å². The van der Waals surface area contributed by atoms with Crippen molar-refractivity contribution in [1.29, 1.82) is 0 Å². The summed E-state index contributed by atoms with van der Waals surface area (Å²) in [7, 11) is -4.30. The van der Waals surface area contributed by atoms with E-state index < -0.39 is 40.0 Å². The first kappa shape index (κ1) is 24.9. The first-order chi connectivity index (χ1) is 15.4. The SMILES string of the molecule is CCc1c(N(CCCCC(F)(F)F)S(=O)(=O)c2ccccc2)nc2c(C(F)(F)F)cccn12. The second kappa shape index (κ2) is 9.24. The topological polar surface area (TPSA) is 54.7 Å². The van der Waals surface area contributed by atoms with Crippen molar-refractivity contribution in [3.63, 3.8) is 0 Å². The maximum absolute atomic E-state index is 13.5. The summed E-state index contributed by atoms with van der Waals surface area (Å²) in [4.78, 5) is 3.89. The summed E-state index contributed by atoms with van der Waals surface area (Å²) in [5.41, 5.74) is -1.31. The van der Waals surface area contributed by atoms with Gasteiger partial charge in [-0.2, -0.15) is 26.3 Å². The van der Waals surface area contributed by atoms with Crippen molar-refractivity contribution in [2.24, 2.45) is 0 Å². The van der Waals surface area contributed by atoms with Crippen molar-refractivity contribution in [3.8, 4) is 0 Å². The van der Waals surface area contributed by atoms with Gasteiger partial charge in [0.05, 0.1) is 16.2 Å². The van der Waals surface area contributed by atoms with E-state index in [1.165, 1.54) is 40.9 Å². The van der Waals surface area contributed by atoms with Gasteiger partial charge in [-0.3, -0.25) is 0 Å². The molecule has 0 aliphatic rings. The minimum atomic E-state index is -4.73. The number of nitrogens with zero attached hydrogens (tertiary/aromatic N) is 3. The van der Waals surface area contributed by atoms with Crippen molar-refractivity contribution < 1.29 is 34.8 Å². The van der Waals surface area contributed by atoms with Crippen LogP contribution in [-0.4, -0.2) is 30.5 Å². The number of pyridine rings is 1. The van der Waals surface area contributed by atoms with Gasteiger partial charge in [0.1, 0.15) is 0 Å². The Morgan fingerprint density at radius 2 is 1.64 bits per heavy atom. The summed E-state index contributed by atoms with van der Waals surface area (Å²) < 4.78 is 107. The highest BCUT2D eigenvalue weighted by Crippen LogP contribution is 2.36. The number of halogens is 6. The lowest BCUT2D eigenvalue weighted by atomic mass is 10.2. The minimum Gasteiger partial charge on any atom is -0.301 e. The highest BCUT2D eigenvalue weighted by molar-refractivity contribution is 7.92. The number of benzene rings is 1. The van der Waals surface area contributed by atoms with Gasteiger partial charge in [-0.25, -0.2) is 17.7 Å². The van der Waals surface area contributed by atoms with Crippen LogP contribution in [0.1, 0.15) is 37.4 Å². The van der Waals surface area contributed by atoms with Gasteiger partial charge in [0.2, 0.25) is 0 Å². The van der Waals surface area contributed by atoms with E-state index in [0.717, 1.165) is 10.4 Å². The Bertz CT molecular complexity index is 1200. The number of imidazole rings is 1. The van der Waals surface area contributed by atoms with E-state index in [4.69, 9.17) is 0 Å². The number of anilines is 1. The fraction of sp³-hybridized carbons (Fsp3) is 0.381. The molecular formula is C21H21F6N3O2S. The van der Waals surface area contributed by atoms with Gasteiger partial charge in [-0.05, 0) is 43.5 Å². The van der Waals surface area contributed by atoms with Crippen molar-refractivity contribution in [2.75, 3.05) is 10.8 Å². The predicted molar refractivity (Wildman–Crippen MR) is 110 cm³/mol. The normalized spacial score (nSPS) is 12.9. The Hall–Kier alpha value is -2.76. The first-order valence-corrected chi connectivity index (χ1v) is 11.5. The molecule has 0 fully saturated rings. The molecule has 0 saturated heterocycles. The van der Waals surface area contributed by atoms with Crippen LogP contribution in [0.2, 0.25) is 0 Å². The van der Waals surface area contributed by atoms with Crippen LogP contribution >= 0.6 is 0 Å². The van der Waals surface area contributed by atoms with Crippen LogP contribution in [0.3, 0.4) is 0 Å². The lowest BCUT2D eigenvalue weighted by Crippen LogP contribution is -2.33. The number of unbranched alkanes of at least 4 members (excludes halogenated alkanes) is 1. The Labute approximate surface area is 186 Å². The Morgan fingerprint density at radius 3 is 2.21 bits per heavy atom. The molecule has 12 heteroatoms. The zero-order valence-corrected chi connectivity index (χ0v) is 18.3. The number of rotatable bonds is 8. The Morgan fingerprint density at radius 1 is 0.970 bits per heavy atom. The largest absolute Gasteiger partial charge is 0.419 e. The lowest BCUT2D eigenvalue weighted by Gasteiger charge is -2.23. The third kappa shape index (κ3) is 5.43. The molecule has 3 aromatic rings. The maximum Gasteiger partial charge on any atom is 0.419 e. The van der Waals surface area contributed by atoms with Crippen molar-refractivity contribution in [3.05, 3.63) is 59.9 Å². The fourth-order valence-electron chi connectivity index (χ4n) is 3.49. The third-order valence-corrected chi connectivity index (χ3v) is 6.81. The van der Waals surface area contributed by atoms with Gasteiger partial charge in [-0.15, -0.1) is 0 Å². The van der Waals surface area contributed by atoms with Gasteiger partial charge >= 0.3 is 12.4 Å². The molecule has 5 nitrogen and oxygen atoms in total. The third-order valence-electron chi connectivity index (χ3n) is 5.01. The van der Waals surface area contributed by atoms with Crippen LogP contribution in [0.25, 0.3) is 5.65 Å². The first-order valence-electron chi connectivity index (χ1n) is 10.1. The fourth-order valence-corrected chi connectivity index (χ4v) is 4.99. The van der Waals surface area contributed by atoms with Crippen LogP contribution in [0.4, 0.5) is 32.2 Å². The summed E-state index contributed by atoms with van der Waals surface area (Å²) >= 11 is 0. The molecule has 2 aromatic heterocycles. The van der Waals surface area contributed by atoms with Crippen LogP contribution < -0.4 is 4.31 Å². The second-order valence-electron chi connectivity index (χ2n) is 7.31. The monoisotopic (exact) mass is 493 g/mol. The zero-order chi connectivity index (χ0) is 24.4. The molecule has 0 aliphatic heterocycles. The van der Waals surface area contributed by atoms with Gasteiger partial charge in [-0.1, -0.05) is 25.1 Å². The summed E-state index contributed by atoms with van der Waals surface area (Å²) in [6, 6.07) is 9.17. The van der Waals surface area contributed by atoms with Crippen molar-refractivity contribution in [2.45, 2.75) is 49.9 Å². The van der Waals surface area contributed by atoms with E-state index in [-0.39, 0.29) is 42.2 Å². The highest BCUT2D eigenvalue weighted by atomic mass is 32.2. The molecule has 0 amide bonds. The predicted octanol–water partition coefficient (Wildman–Crippen LogP) is 5.84. The number of sulfonamides is 1. The van der Waals surface area contributed by atoms with Crippen molar-refractivity contribution in [1.82, 2.24) is 9.38 Å². The summed E-state index contributed by atoms with van der Waals surface area (Å²) in [6.45, 7) is 1.26. The molecule has 0 saturated carbocycles. The Kier molecular flexibility index (Phi) is 6.96. The summed E-state index contributed by atoms with van der Waals surface area (Å²) in [5, 5.41) is 0. The summed E-state index contributed by atoms with van der Waals surface area (Å²) in [5.74, 6) is -0.231. The molecule has 180 valence electrons. The van der Waals surface area contributed by atoms with E-state index in [2.05, 4.69) is 4.98 Å². The molecule has 33 heavy (non-hydrogen) atoms. The van der Waals surface area contributed by atoms with Crippen molar-refractivity contribution >= 4 is 21.5 Å². The number of alkyl halides is 6. The summed E-state index contributed by atoms with van der Waals surface area (Å²) in [6.07, 6.45) is -9.25. The van der Waals surface area contributed by atoms with E-state index in [0.29, 0.717) is 0 Å². The average Bonchev–Trinajstić information content (AvgIpc) is 3.10. The number of aromatic nitrogens is 2. The van der Waals surface area contributed by atoms with Crippen LogP contribution in [0, 0.1) is 0 Å². The average molecular weight is 493 g/mol. The molecule has 0 unspecified atom stereocenters. The molecule has 1 aromatic carbocycles. The van der Waals surface area contributed by atoms with E-state index in [1.807, 2.05) is 0 Å². The van der Waals surface area contributed by atoms with Gasteiger partial charge in [0, 0.05) is 19.2 Å². The smallest absolute Gasteiger partial charge is 0.301 e. The minimum absolute atomic E-state index is 0.140. The van der Waals surface area contributed by atoms with Crippen LogP contribution in [0.5, 0.6) is 0 Å². The number of fused-ring (bicyclic) bond motifs is 1. The molecule has 0 bridgehead atoms. The van der Waals surface area contributed by atoms with Crippen LogP contribution in [-0.2, 0) is 22.6 Å². The molecular weight excluding hydrogens is 472 g/mol. The van der Waals surface area contributed by atoms with Gasteiger partial charge in [0.25, 0.3) is 10.0 Å².